The minimum atomic E-state index is -0.478. The maximum absolute atomic E-state index is 12.9. The number of hydrogen-bond donors (Lipinski definition) is 1. The van der Waals surface area contributed by atoms with Gasteiger partial charge < -0.3 is 14.9 Å². The van der Waals surface area contributed by atoms with Crippen molar-refractivity contribution in [2.75, 3.05) is 26.7 Å². The lowest BCUT2D eigenvalue weighted by Gasteiger charge is -2.34. The summed E-state index contributed by atoms with van der Waals surface area (Å²) in [6.07, 6.45) is 1.54. The molecule has 0 radical (unpaired) electrons. The SMILES string of the molecule is CN1C[C@@H](c2ccccc2)[C@]2(CCN(C(=O)C3CC(O)C3)C2)C1=O. The van der Waals surface area contributed by atoms with E-state index >= 15 is 0 Å². The van der Waals surface area contributed by atoms with Crippen LogP contribution >= 0.6 is 0 Å². The van der Waals surface area contributed by atoms with E-state index in [1.165, 1.54) is 5.56 Å². The van der Waals surface area contributed by atoms with Gasteiger partial charge in [0.05, 0.1) is 11.5 Å². The predicted molar refractivity (Wildman–Crippen MR) is 89.2 cm³/mol. The summed E-state index contributed by atoms with van der Waals surface area (Å²) in [4.78, 5) is 29.3. The molecule has 2 saturated heterocycles. The first-order valence-corrected chi connectivity index (χ1v) is 8.78. The number of aliphatic hydroxyl groups is 1. The lowest BCUT2D eigenvalue weighted by Crippen LogP contribution is -2.45. The van der Waals surface area contributed by atoms with Crippen LogP contribution in [0.2, 0.25) is 0 Å². The topological polar surface area (TPSA) is 60.9 Å². The number of amides is 2. The van der Waals surface area contributed by atoms with Crippen molar-refractivity contribution in [2.24, 2.45) is 11.3 Å². The third kappa shape index (κ3) is 2.25. The van der Waals surface area contributed by atoms with Crippen molar-refractivity contribution in [1.82, 2.24) is 9.80 Å². The van der Waals surface area contributed by atoms with Crippen LogP contribution in [0.15, 0.2) is 30.3 Å². The average molecular weight is 328 g/mol. The number of hydrogen-bond acceptors (Lipinski definition) is 3. The molecule has 0 aromatic heterocycles. The van der Waals surface area contributed by atoms with Crippen LogP contribution < -0.4 is 0 Å². The molecular formula is C19H24N2O3. The van der Waals surface area contributed by atoms with Crippen LogP contribution in [-0.2, 0) is 9.59 Å². The van der Waals surface area contributed by atoms with Crippen molar-refractivity contribution in [3.63, 3.8) is 0 Å². The van der Waals surface area contributed by atoms with Crippen LogP contribution in [0.1, 0.15) is 30.7 Å². The van der Waals surface area contributed by atoms with Crippen molar-refractivity contribution in [3.8, 4) is 0 Å². The Morgan fingerprint density at radius 2 is 1.96 bits per heavy atom. The van der Waals surface area contributed by atoms with E-state index in [2.05, 4.69) is 12.1 Å². The van der Waals surface area contributed by atoms with Gasteiger partial charge in [0.15, 0.2) is 0 Å². The molecule has 24 heavy (non-hydrogen) atoms. The third-order valence-corrected chi connectivity index (χ3v) is 6.17. The van der Waals surface area contributed by atoms with Gasteiger partial charge in [-0.05, 0) is 24.8 Å². The average Bonchev–Trinajstić information content (AvgIpc) is 3.11. The van der Waals surface area contributed by atoms with E-state index in [1.54, 1.807) is 0 Å². The molecule has 1 spiro atoms. The monoisotopic (exact) mass is 328 g/mol. The van der Waals surface area contributed by atoms with Crippen molar-refractivity contribution < 1.29 is 14.7 Å². The number of benzene rings is 1. The van der Waals surface area contributed by atoms with Gasteiger partial charge >= 0.3 is 0 Å². The molecule has 1 saturated carbocycles. The first kappa shape index (κ1) is 15.6. The number of aliphatic hydroxyl groups excluding tert-OH is 1. The van der Waals surface area contributed by atoms with Gasteiger partial charge in [-0.2, -0.15) is 0 Å². The third-order valence-electron chi connectivity index (χ3n) is 6.17. The minimum Gasteiger partial charge on any atom is -0.393 e. The smallest absolute Gasteiger partial charge is 0.231 e. The van der Waals surface area contributed by atoms with E-state index in [4.69, 9.17) is 0 Å². The largest absolute Gasteiger partial charge is 0.393 e. The minimum absolute atomic E-state index is 0.0560. The van der Waals surface area contributed by atoms with E-state index in [1.807, 2.05) is 35.0 Å². The van der Waals surface area contributed by atoms with Gasteiger partial charge in [0.2, 0.25) is 11.8 Å². The Hall–Kier alpha value is -1.88. The zero-order valence-corrected chi connectivity index (χ0v) is 14.0. The predicted octanol–water partition coefficient (Wildman–Crippen LogP) is 1.23. The Morgan fingerprint density at radius 1 is 1.25 bits per heavy atom. The maximum Gasteiger partial charge on any atom is 0.231 e. The summed E-state index contributed by atoms with van der Waals surface area (Å²) >= 11 is 0. The summed E-state index contributed by atoms with van der Waals surface area (Å²) in [5, 5.41) is 9.45. The highest BCUT2D eigenvalue weighted by atomic mass is 16.3. The maximum atomic E-state index is 12.9. The molecule has 2 atom stereocenters. The van der Waals surface area contributed by atoms with Crippen LogP contribution in [0.3, 0.4) is 0 Å². The molecule has 0 bridgehead atoms. The number of nitrogens with zero attached hydrogens (tertiary/aromatic N) is 2. The molecule has 128 valence electrons. The normalized spacial score (nSPS) is 35.6. The molecule has 4 rings (SSSR count). The van der Waals surface area contributed by atoms with Gasteiger partial charge in [-0.1, -0.05) is 30.3 Å². The molecule has 2 amide bonds. The quantitative estimate of drug-likeness (QED) is 0.888. The Labute approximate surface area is 142 Å². The number of rotatable bonds is 2. The van der Waals surface area contributed by atoms with Crippen molar-refractivity contribution in [3.05, 3.63) is 35.9 Å². The molecule has 3 fully saturated rings. The fourth-order valence-corrected chi connectivity index (χ4v) is 4.70. The Bertz CT molecular complexity index is 656. The highest BCUT2D eigenvalue weighted by Gasteiger charge is 2.57. The second kappa shape index (κ2) is 5.59. The zero-order chi connectivity index (χ0) is 16.9. The van der Waals surface area contributed by atoms with E-state index in [0.717, 1.165) is 6.42 Å². The number of carbonyl (C=O) groups excluding carboxylic acids is 2. The number of likely N-dealkylation sites (N-methyl/N-ethyl adjacent to an activating group) is 1. The van der Waals surface area contributed by atoms with E-state index in [0.29, 0.717) is 32.5 Å². The van der Waals surface area contributed by atoms with Gasteiger partial charge in [-0.25, -0.2) is 0 Å². The fourth-order valence-electron chi connectivity index (χ4n) is 4.70. The number of carbonyl (C=O) groups is 2. The second-order valence-electron chi connectivity index (χ2n) is 7.64. The molecule has 1 aliphatic carbocycles. The van der Waals surface area contributed by atoms with Crippen molar-refractivity contribution in [1.29, 1.82) is 0 Å². The summed E-state index contributed by atoms with van der Waals surface area (Å²) in [7, 11) is 1.86. The standard InChI is InChI=1S/C19H24N2O3/c1-20-11-16(13-5-3-2-4-6-13)19(18(20)24)7-8-21(12-19)17(23)14-9-15(22)10-14/h2-6,14-16,22H,7-12H2,1H3/t14?,15?,16-,19+/m0/s1. The van der Waals surface area contributed by atoms with E-state index in [-0.39, 0.29) is 29.8 Å². The van der Waals surface area contributed by atoms with Gasteiger partial charge in [-0.15, -0.1) is 0 Å². The molecule has 1 N–H and O–H groups in total. The molecule has 2 aliphatic heterocycles. The van der Waals surface area contributed by atoms with Crippen LogP contribution in [0.4, 0.5) is 0 Å². The van der Waals surface area contributed by atoms with Gasteiger partial charge in [0, 0.05) is 38.5 Å². The highest BCUT2D eigenvalue weighted by Crippen LogP contribution is 2.50. The van der Waals surface area contributed by atoms with E-state index in [9.17, 15) is 14.7 Å². The Morgan fingerprint density at radius 3 is 2.62 bits per heavy atom. The summed E-state index contributed by atoms with van der Waals surface area (Å²) in [6, 6.07) is 10.2. The molecule has 5 heteroatoms. The lowest BCUT2D eigenvalue weighted by molar-refractivity contribution is -0.142. The first-order chi connectivity index (χ1) is 11.5. The molecule has 1 aromatic carbocycles. The lowest BCUT2D eigenvalue weighted by atomic mass is 9.73. The van der Waals surface area contributed by atoms with Gasteiger partial charge in [-0.3, -0.25) is 9.59 Å². The van der Waals surface area contributed by atoms with Crippen molar-refractivity contribution >= 4 is 11.8 Å². The van der Waals surface area contributed by atoms with Crippen LogP contribution in [0.5, 0.6) is 0 Å². The molecule has 5 nitrogen and oxygen atoms in total. The molecule has 0 unspecified atom stereocenters. The van der Waals surface area contributed by atoms with E-state index < -0.39 is 5.41 Å². The second-order valence-corrected chi connectivity index (χ2v) is 7.64. The summed E-state index contributed by atoms with van der Waals surface area (Å²) in [5.41, 5.74) is 0.706. The van der Waals surface area contributed by atoms with Crippen LogP contribution in [0.25, 0.3) is 0 Å². The summed E-state index contributed by atoms with van der Waals surface area (Å²) in [6.45, 7) is 1.88. The summed E-state index contributed by atoms with van der Waals surface area (Å²) in [5.74, 6) is 0.368. The van der Waals surface area contributed by atoms with Crippen molar-refractivity contribution in [2.45, 2.75) is 31.3 Å². The molecular weight excluding hydrogens is 304 g/mol. The van der Waals surface area contributed by atoms with Crippen LogP contribution in [0, 0.1) is 11.3 Å². The van der Waals surface area contributed by atoms with Gasteiger partial charge in [0.25, 0.3) is 0 Å². The Balaban J connectivity index is 1.58. The fraction of sp³-hybridized carbons (Fsp3) is 0.579. The molecule has 2 heterocycles. The molecule has 1 aromatic rings. The highest BCUT2D eigenvalue weighted by molar-refractivity contribution is 5.89. The molecule has 3 aliphatic rings. The Kier molecular flexibility index (Phi) is 3.64. The first-order valence-electron chi connectivity index (χ1n) is 8.78. The zero-order valence-electron chi connectivity index (χ0n) is 14.0. The van der Waals surface area contributed by atoms with Gasteiger partial charge in [0.1, 0.15) is 0 Å². The summed E-state index contributed by atoms with van der Waals surface area (Å²) < 4.78 is 0. The van der Waals surface area contributed by atoms with Crippen LogP contribution in [-0.4, -0.2) is 59.5 Å². The number of likely N-dealkylation sites (tertiary alicyclic amines) is 2.